The summed E-state index contributed by atoms with van der Waals surface area (Å²) in [5.41, 5.74) is 1.15. The van der Waals surface area contributed by atoms with Crippen LogP contribution in [0, 0.1) is 11.6 Å². The zero-order valence-corrected chi connectivity index (χ0v) is 20.5. The van der Waals surface area contributed by atoms with E-state index in [9.17, 15) is 8.76 Å². The maximum absolute atomic E-state index is 15.2. The van der Waals surface area contributed by atoms with E-state index in [1.807, 2.05) is 7.05 Å². The van der Waals surface area contributed by atoms with E-state index in [0.717, 1.165) is 0 Å². The maximum atomic E-state index is 15.2. The van der Waals surface area contributed by atoms with E-state index in [2.05, 4.69) is 30.3 Å². The molecule has 0 saturated carbocycles. The molecule has 37 heavy (non-hydrogen) atoms. The fourth-order valence-corrected chi connectivity index (χ4v) is 4.02. The van der Waals surface area contributed by atoms with E-state index < -0.39 is 34.7 Å². The van der Waals surface area contributed by atoms with Crippen molar-refractivity contribution in [3.63, 3.8) is 0 Å². The lowest BCUT2D eigenvalue weighted by Gasteiger charge is -2.22. The predicted octanol–water partition coefficient (Wildman–Crippen LogP) is 3.71. The lowest BCUT2D eigenvalue weighted by atomic mass is 9.99. The highest BCUT2D eigenvalue weighted by Gasteiger charge is 2.24. The van der Waals surface area contributed by atoms with Crippen LogP contribution >= 0.6 is 0 Å². The molecule has 2 atom stereocenters. The van der Waals surface area contributed by atoms with Crippen molar-refractivity contribution in [1.82, 2.24) is 25.0 Å². The molecule has 192 valence electrons. The molecule has 4 rings (SSSR count). The highest BCUT2D eigenvalue weighted by molar-refractivity contribution is 7.77. The maximum Gasteiger partial charge on any atom is 0.228 e. The second kappa shape index (κ2) is 12.4. The van der Waals surface area contributed by atoms with Gasteiger partial charge in [-0.15, -0.1) is 0 Å². The van der Waals surface area contributed by atoms with Crippen LogP contribution in [0.2, 0.25) is 0 Å². The Morgan fingerprint density at radius 3 is 2.54 bits per heavy atom. The minimum absolute atomic E-state index is 0.00632. The molecule has 9 nitrogen and oxygen atoms in total. The van der Waals surface area contributed by atoms with Gasteiger partial charge in [0, 0.05) is 42.3 Å². The van der Waals surface area contributed by atoms with Gasteiger partial charge in [0.15, 0.2) is 11.6 Å². The third-order valence-corrected chi connectivity index (χ3v) is 5.73. The van der Waals surface area contributed by atoms with Gasteiger partial charge in [0.2, 0.25) is 17.6 Å². The normalized spacial score (nSPS) is 12.6. The van der Waals surface area contributed by atoms with Gasteiger partial charge in [-0.05, 0) is 36.9 Å². The van der Waals surface area contributed by atoms with E-state index in [0.29, 0.717) is 35.9 Å². The molecule has 12 heteroatoms. The summed E-state index contributed by atoms with van der Waals surface area (Å²) in [4.78, 5) is 12.8. The van der Waals surface area contributed by atoms with Crippen LogP contribution < -0.4 is 20.1 Å². The van der Waals surface area contributed by atoms with Crippen molar-refractivity contribution in [2.24, 2.45) is 0 Å². The number of pyridine rings is 1. The van der Waals surface area contributed by atoms with Gasteiger partial charge >= 0.3 is 0 Å². The number of halogens is 2. The molecule has 0 aliphatic rings. The molecule has 0 aliphatic heterocycles. The molecule has 2 heterocycles. The van der Waals surface area contributed by atoms with Crippen LogP contribution in [0.4, 0.5) is 14.7 Å². The molecule has 0 saturated heterocycles. The van der Waals surface area contributed by atoms with Gasteiger partial charge in [-0.1, -0.05) is 36.4 Å². The van der Waals surface area contributed by atoms with Gasteiger partial charge in [-0.2, -0.15) is 4.39 Å². The Morgan fingerprint density at radius 1 is 0.973 bits per heavy atom. The number of rotatable bonds is 11. The number of hydrogen-bond donors (Lipinski definition) is 3. The summed E-state index contributed by atoms with van der Waals surface area (Å²) in [7, 11) is 1.83. The SMILES string of the molecule is CNCCNc1nccc(-c2cccnc2Oc2ccc(C(NS(=O)[O-])c3ccccc3)c(F)c2F)n1. The molecule has 4 aromatic rings. The average Bonchev–Trinajstić information content (AvgIpc) is 2.91. The summed E-state index contributed by atoms with van der Waals surface area (Å²) >= 11 is -2.73. The minimum atomic E-state index is -2.73. The number of nitrogens with zero attached hydrogens (tertiary/aromatic N) is 3. The third-order valence-electron chi connectivity index (χ3n) is 5.30. The van der Waals surface area contributed by atoms with Crippen LogP contribution in [0.3, 0.4) is 0 Å². The monoisotopic (exact) mass is 525 g/mol. The quantitative estimate of drug-likeness (QED) is 0.200. The number of hydrogen-bond acceptors (Lipinski definition) is 8. The first-order valence-electron chi connectivity index (χ1n) is 11.2. The molecular weight excluding hydrogens is 502 g/mol. The van der Waals surface area contributed by atoms with Gasteiger partial charge in [0.05, 0.1) is 17.3 Å². The molecule has 2 aromatic carbocycles. The van der Waals surface area contributed by atoms with E-state index in [1.165, 1.54) is 18.3 Å². The molecule has 2 unspecified atom stereocenters. The molecule has 0 radical (unpaired) electrons. The summed E-state index contributed by atoms with van der Waals surface area (Å²) in [5, 5.41) is 6.09. The summed E-state index contributed by atoms with van der Waals surface area (Å²) in [6, 6.07) is 14.6. The van der Waals surface area contributed by atoms with Crippen molar-refractivity contribution >= 4 is 17.2 Å². The van der Waals surface area contributed by atoms with Gasteiger partial charge in [0.25, 0.3) is 0 Å². The van der Waals surface area contributed by atoms with Crippen molar-refractivity contribution in [3.8, 4) is 22.9 Å². The number of nitrogens with one attached hydrogen (secondary N) is 3. The van der Waals surface area contributed by atoms with Gasteiger partial charge in [-0.25, -0.2) is 24.1 Å². The zero-order valence-electron chi connectivity index (χ0n) is 19.7. The molecular formula is C25H23F2N6O3S-. The fourth-order valence-electron chi connectivity index (χ4n) is 3.57. The van der Waals surface area contributed by atoms with Crippen molar-refractivity contribution < 1.29 is 22.3 Å². The van der Waals surface area contributed by atoms with Crippen molar-refractivity contribution in [1.29, 1.82) is 0 Å². The molecule has 0 spiro atoms. The Bertz CT molecular complexity index is 1380. The number of anilines is 1. The first kappa shape index (κ1) is 26.2. The zero-order chi connectivity index (χ0) is 26.2. The highest BCUT2D eigenvalue weighted by Crippen LogP contribution is 2.35. The van der Waals surface area contributed by atoms with E-state index in [4.69, 9.17) is 4.74 Å². The smallest absolute Gasteiger partial charge is 0.228 e. The van der Waals surface area contributed by atoms with Gasteiger partial charge in [0.1, 0.15) is 0 Å². The minimum Gasteiger partial charge on any atom is -0.760 e. The Hall–Kier alpha value is -3.84. The van der Waals surface area contributed by atoms with Crippen LogP contribution in [-0.4, -0.2) is 43.9 Å². The standard InChI is InChI=1S/C25H24F2N6O3S/c1-28-14-15-31-25-30-13-11-19(32-25)17-8-5-12-29-24(17)36-20-10-9-18(21(26)22(20)27)23(33-37(34)35)16-6-3-2-4-7-16/h2-13,23,28,33H,14-15H2,1H3,(H,34,35)(H,30,31,32)/p-1. The summed E-state index contributed by atoms with van der Waals surface area (Å²) < 4.78 is 61.0. The molecule has 3 N–H and O–H groups in total. The molecule has 0 bridgehead atoms. The Labute approximate surface area is 214 Å². The first-order valence-corrected chi connectivity index (χ1v) is 12.3. The average molecular weight is 526 g/mol. The number of ether oxygens (including phenoxy) is 1. The van der Waals surface area contributed by atoms with Crippen molar-refractivity contribution in [2.75, 3.05) is 25.5 Å². The molecule has 0 aliphatic carbocycles. The largest absolute Gasteiger partial charge is 0.760 e. The van der Waals surface area contributed by atoms with Crippen molar-refractivity contribution in [3.05, 3.63) is 95.8 Å². The molecule has 2 aromatic heterocycles. The second-order valence-corrected chi connectivity index (χ2v) is 8.44. The second-order valence-electron chi connectivity index (χ2n) is 7.73. The van der Waals surface area contributed by atoms with Crippen LogP contribution in [-0.2, 0) is 11.3 Å². The van der Waals surface area contributed by atoms with E-state index in [-0.39, 0.29) is 11.4 Å². The lowest BCUT2D eigenvalue weighted by Crippen LogP contribution is -2.25. The van der Waals surface area contributed by atoms with Crippen LogP contribution in [0.5, 0.6) is 11.6 Å². The van der Waals surface area contributed by atoms with Gasteiger partial charge in [-0.3, -0.25) is 4.21 Å². The summed E-state index contributed by atoms with van der Waals surface area (Å²) in [6.45, 7) is 1.31. The van der Waals surface area contributed by atoms with Crippen LogP contribution in [0.15, 0.2) is 73.1 Å². The van der Waals surface area contributed by atoms with E-state index in [1.54, 1.807) is 54.7 Å². The molecule has 0 amide bonds. The highest BCUT2D eigenvalue weighted by atomic mass is 32.2. The Morgan fingerprint density at radius 2 is 1.78 bits per heavy atom. The number of aromatic nitrogens is 3. The Kier molecular flexibility index (Phi) is 8.80. The molecule has 0 fully saturated rings. The van der Waals surface area contributed by atoms with Gasteiger partial charge < -0.3 is 19.9 Å². The van der Waals surface area contributed by atoms with E-state index >= 15 is 8.78 Å². The summed E-state index contributed by atoms with van der Waals surface area (Å²) in [6.07, 6.45) is 3.01. The lowest BCUT2D eigenvalue weighted by molar-refractivity contribution is 0.402. The fraction of sp³-hybridized carbons (Fsp3) is 0.160. The number of likely N-dealkylation sites (N-methyl/N-ethyl adjacent to an activating group) is 1. The van der Waals surface area contributed by atoms with Crippen LogP contribution in [0.1, 0.15) is 17.2 Å². The third kappa shape index (κ3) is 6.49. The van der Waals surface area contributed by atoms with Crippen LogP contribution in [0.25, 0.3) is 11.3 Å². The Balaban J connectivity index is 1.65. The predicted molar refractivity (Wildman–Crippen MR) is 134 cm³/mol. The topological polar surface area (TPSA) is 124 Å². The number of benzene rings is 2. The summed E-state index contributed by atoms with van der Waals surface area (Å²) in [5.74, 6) is -2.56. The first-order chi connectivity index (χ1) is 18.0. The van der Waals surface area contributed by atoms with Crippen molar-refractivity contribution in [2.45, 2.75) is 6.04 Å².